The highest BCUT2D eigenvalue weighted by molar-refractivity contribution is 5.71. The molecular formula is C26H34N4O5. The zero-order valence-electron chi connectivity index (χ0n) is 21.0. The lowest BCUT2D eigenvalue weighted by Crippen LogP contribution is -2.40. The Kier molecular flexibility index (Phi) is 8.00. The highest BCUT2D eigenvalue weighted by Crippen LogP contribution is 2.35. The maximum atomic E-state index is 9.94. The summed E-state index contributed by atoms with van der Waals surface area (Å²) >= 11 is 0. The van der Waals surface area contributed by atoms with Gasteiger partial charge in [0.1, 0.15) is 17.6 Å². The first-order valence-corrected chi connectivity index (χ1v) is 12.0. The van der Waals surface area contributed by atoms with Crippen molar-refractivity contribution in [1.82, 2.24) is 20.4 Å². The molecule has 2 unspecified atom stereocenters. The lowest BCUT2D eigenvalue weighted by atomic mass is 10.0. The highest BCUT2D eigenvalue weighted by atomic mass is 16.5. The first kappa shape index (κ1) is 25.1. The van der Waals surface area contributed by atoms with Crippen LogP contribution < -0.4 is 14.8 Å². The van der Waals surface area contributed by atoms with Crippen molar-refractivity contribution in [3.8, 4) is 34.3 Å². The van der Waals surface area contributed by atoms with Crippen LogP contribution in [0, 0.1) is 26.7 Å². The second-order valence-corrected chi connectivity index (χ2v) is 8.99. The Bertz CT molecular complexity index is 1120. The van der Waals surface area contributed by atoms with Crippen molar-refractivity contribution in [3.63, 3.8) is 0 Å². The van der Waals surface area contributed by atoms with Crippen LogP contribution >= 0.6 is 0 Å². The van der Waals surface area contributed by atoms with E-state index in [0.717, 1.165) is 54.1 Å². The number of hydrogen-bond donors (Lipinski definition) is 2. The van der Waals surface area contributed by atoms with Crippen LogP contribution in [-0.4, -0.2) is 59.4 Å². The van der Waals surface area contributed by atoms with Crippen molar-refractivity contribution in [3.05, 3.63) is 41.3 Å². The van der Waals surface area contributed by atoms with Gasteiger partial charge in [0, 0.05) is 24.3 Å². The third-order valence-electron chi connectivity index (χ3n) is 6.25. The highest BCUT2D eigenvalue weighted by Gasteiger charge is 2.23. The zero-order chi connectivity index (χ0) is 24.9. The van der Waals surface area contributed by atoms with Crippen LogP contribution in [0.4, 0.5) is 0 Å². The van der Waals surface area contributed by atoms with Gasteiger partial charge in [-0.15, -0.1) is 0 Å². The molecule has 2 atom stereocenters. The van der Waals surface area contributed by atoms with E-state index in [9.17, 15) is 5.11 Å². The molecule has 2 N–H and O–H groups in total. The van der Waals surface area contributed by atoms with Gasteiger partial charge in [0.25, 0.3) is 0 Å². The van der Waals surface area contributed by atoms with E-state index in [-0.39, 0.29) is 0 Å². The van der Waals surface area contributed by atoms with Crippen LogP contribution in [0.3, 0.4) is 0 Å². The summed E-state index contributed by atoms with van der Waals surface area (Å²) in [6.07, 6.45) is 0.725. The van der Waals surface area contributed by atoms with Crippen LogP contribution in [0.15, 0.2) is 28.8 Å². The molecule has 0 bridgehead atoms. The number of aliphatic hydroxyl groups is 1. The average Bonchev–Trinajstić information content (AvgIpc) is 3.20. The predicted molar refractivity (Wildman–Crippen MR) is 131 cm³/mol. The number of aliphatic hydroxyl groups excluding tert-OH is 1. The molecule has 0 saturated carbocycles. The molecule has 4 rings (SSSR count). The maximum Gasteiger partial charge on any atom is 0.220 e. The normalized spacial score (nSPS) is 16.2. The summed E-state index contributed by atoms with van der Waals surface area (Å²) < 4.78 is 23.1. The number of nitrogens with one attached hydrogen (secondary N) is 1. The molecule has 1 aliphatic heterocycles. The molecule has 2 aromatic heterocycles. The topological polar surface area (TPSA) is 112 Å². The van der Waals surface area contributed by atoms with Crippen LogP contribution in [0.1, 0.15) is 36.8 Å². The van der Waals surface area contributed by atoms with Crippen LogP contribution in [-0.2, 0) is 4.74 Å². The number of ether oxygens (including phenoxy) is 3. The van der Waals surface area contributed by atoms with Crippen molar-refractivity contribution < 1.29 is 23.8 Å². The Labute approximate surface area is 205 Å². The first-order chi connectivity index (χ1) is 16.9. The fraction of sp³-hybridized carbons (Fsp3) is 0.500. The Morgan fingerprint density at radius 3 is 2.60 bits per heavy atom. The summed E-state index contributed by atoms with van der Waals surface area (Å²) in [6, 6.07) is 7.49. The van der Waals surface area contributed by atoms with E-state index in [4.69, 9.17) is 28.7 Å². The third kappa shape index (κ3) is 5.80. The van der Waals surface area contributed by atoms with Gasteiger partial charge < -0.3 is 23.8 Å². The van der Waals surface area contributed by atoms with Crippen LogP contribution in [0.2, 0.25) is 0 Å². The molecule has 3 aromatic rings. The maximum absolute atomic E-state index is 9.94. The zero-order valence-corrected chi connectivity index (χ0v) is 21.0. The van der Waals surface area contributed by atoms with Gasteiger partial charge in [-0.1, -0.05) is 17.3 Å². The number of hydrogen-bond acceptors (Lipinski definition) is 9. The standard InChI is InChI=1S/C26H34N4O5/c1-15-23(22-16(2)30-35-18(22)4)28-24(29-25(15)33-14-19-9-11-32-12-10-19)20-7-6-8-21(13-20)34-26(27-5)17(3)31/h6-8,13,17,19,26-27,31H,9-12,14H2,1-5H3. The van der Waals surface area contributed by atoms with Gasteiger partial charge in [-0.05, 0) is 65.6 Å². The number of benzene rings is 1. The Morgan fingerprint density at radius 2 is 1.94 bits per heavy atom. The van der Waals surface area contributed by atoms with E-state index in [1.807, 2.05) is 45.0 Å². The summed E-state index contributed by atoms with van der Waals surface area (Å²) in [5, 5.41) is 17.0. The summed E-state index contributed by atoms with van der Waals surface area (Å²) in [6.45, 7) is 9.51. The fourth-order valence-corrected chi connectivity index (χ4v) is 4.19. The van der Waals surface area contributed by atoms with Crippen molar-refractivity contribution in [2.24, 2.45) is 5.92 Å². The molecule has 0 aliphatic carbocycles. The minimum atomic E-state index is -0.685. The summed E-state index contributed by atoms with van der Waals surface area (Å²) in [4.78, 5) is 9.70. The van der Waals surface area contributed by atoms with Gasteiger partial charge in [-0.2, -0.15) is 4.98 Å². The largest absolute Gasteiger partial charge is 0.477 e. The molecule has 1 saturated heterocycles. The Morgan fingerprint density at radius 1 is 1.17 bits per heavy atom. The van der Waals surface area contributed by atoms with E-state index in [1.165, 1.54) is 0 Å². The molecule has 0 radical (unpaired) electrons. The monoisotopic (exact) mass is 482 g/mol. The molecule has 1 aliphatic rings. The molecule has 0 amide bonds. The second kappa shape index (κ2) is 11.2. The molecule has 1 aromatic carbocycles. The molecule has 9 heteroatoms. The smallest absolute Gasteiger partial charge is 0.220 e. The van der Waals surface area contributed by atoms with Crippen molar-refractivity contribution in [2.45, 2.75) is 52.9 Å². The van der Waals surface area contributed by atoms with Gasteiger partial charge in [0.15, 0.2) is 12.1 Å². The average molecular weight is 483 g/mol. The Hall–Kier alpha value is -3.01. The van der Waals surface area contributed by atoms with Gasteiger partial charge in [0.2, 0.25) is 5.88 Å². The molecular weight excluding hydrogens is 448 g/mol. The van der Waals surface area contributed by atoms with Crippen molar-refractivity contribution in [1.29, 1.82) is 0 Å². The van der Waals surface area contributed by atoms with E-state index in [2.05, 4.69) is 10.5 Å². The fourth-order valence-electron chi connectivity index (χ4n) is 4.19. The van der Waals surface area contributed by atoms with Gasteiger partial charge in [0.05, 0.1) is 23.6 Å². The lowest BCUT2D eigenvalue weighted by Gasteiger charge is -2.23. The summed E-state index contributed by atoms with van der Waals surface area (Å²) in [5.41, 5.74) is 3.95. The van der Waals surface area contributed by atoms with Gasteiger partial charge in [-0.3, -0.25) is 5.32 Å². The van der Waals surface area contributed by atoms with Crippen molar-refractivity contribution >= 4 is 0 Å². The first-order valence-electron chi connectivity index (χ1n) is 12.0. The Balaban J connectivity index is 1.72. The van der Waals surface area contributed by atoms with Gasteiger partial charge in [-0.25, -0.2) is 4.98 Å². The molecule has 3 heterocycles. The lowest BCUT2D eigenvalue weighted by molar-refractivity contribution is 0.0321. The van der Waals surface area contributed by atoms with E-state index in [1.54, 1.807) is 14.0 Å². The SMILES string of the molecule is CNC(Oc1cccc(-c2nc(OCC3CCOCC3)c(C)c(-c3c(C)noc3C)n2)c1)C(C)O. The quantitative estimate of drug-likeness (QED) is 0.439. The molecule has 9 nitrogen and oxygen atoms in total. The number of rotatable bonds is 9. The molecule has 188 valence electrons. The minimum Gasteiger partial charge on any atom is -0.477 e. The summed E-state index contributed by atoms with van der Waals surface area (Å²) in [5.74, 6) is 2.77. The molecule has 35 heavy (non-hydrogen) atoms. The van der Waals surface area contributed by atoms with Crippen molar-refractivity contribution in [2.75, 3.05) is 26.9 Å². The number of likely N-dealkylation sites (N-methyl/N-ethyl adjacent to an activating group) is 1. The van der Waals surface area contributed by atoms with Gasteiger partial charge >= 0.3 is 0 Å². The molecule has 1 fully saturated rings. The molecule has 0 spiro atoms. The number of nitrogens with zero attached hydrogens (tertiary/aromatic N) is 3. The third-order valence-corrected chi connectivity index (χ3v) is 6.25. The van der Waals surface area contributed by atoms with Crippen LogP contribution in [0.5, 0.6) is 11.6 Å². The van der Waals surface area contributed by atoms with E-state index in [0.29, 0.717) is 35.7 Å². The predicted octanol–water partition coefficient (Wildman–Crippen LogP) is 3.83. The summed E-state index contributed by atoms with van der Waals surface area (Å²) in [7, 11) is 1.74. The number of aryl methyl sites for hydroxylation is 2. The minimum absolute atomic E-state index is 0.430. The van der Waals surface area contributed by atoms with E-state index < -0.39 is 12.3 Å². The number of aromatic nitrogens is 3. The second-order valence-electron chi connectivity index (χ2n) is 8.99. The van der Waals surface area contributed by atoms with E-state index >= 15 is 0 Å². The van der Waals surface area contributed by atoms with Crippen LogP contribution in [0.25, 0.3) is 22.6 Å².